The maximum Gasteiger partial charge on any atom is 0.326 e. The number of carbonyl (C=O) groups is 2. The van der Waals surface area contributed by atoms with E-state index in [2.05, 4.69) is 5.32 Å². The fourth-order valence-corrected chi connectivity index (χ4v) is 1.59. The van der Waals surface area contributed by atoms with Crippen LogP contribution in [0, 0.1) is 5.92 Å². The molecule has 1 atom stereocenters. The number of hydrogen-bond acceptors (Lipinski definition) is 3. The number of amides is 1. The Morgan fingerprint density at radius 2 is 2.07 bits per heavy atom. The van der Waals surface area contributed by atoms with Gasteiger partial charge in [-0.15, -0.1) is 0 Å². The number of carboxylic acid groups (broad SMARTS) is 1. The summed E-state index contributed by atoms with van der Waals surface area (Å²) in [6.45, 7) is 2.91. The normalized spacial score (nSPS) is 19.5. The first-order valence-corrected chi connectivity index (χ1v) is 5.26. The van der Waals surface area contributed by atoms with Crippen LogP contribution in [0.4, 0.5) is 0 Å². The van der Waals surface area contributed by atoms with E-state index in [1.807, 2.05) is 0 Å². The third-order valence-corrected chi connectivity index (χ3v) is 2.61. The van der Waals surface area contributed by atoms with Crippen molar-refractivity contribution in [2.24, 2.45) is 5.92 Å². The second-order valence-electron chi connectivity index (χ2n) is 3.69. The molecule has 15 heavy (non-hydrogen) atoms. The summed E-state index contributed by atoms with van der Waals surface area (Å²) in [7, 11) is 0. The summed E-state index contributed by atoms with van der Waals surface area (Å²) in [6.07, 6.45) is 1.77. The van der Waals surface area contributed by atoms with Crippen LogP contribution in [-0.2, 0) is 14.3 Å². The number of aliphatic carboxylic acids is 1. The zero-order valence-electron chi connectivity index (χ0n) is 8.86. The van der Waals surface area contributed by atoms with E-state index in [1.165, 1.54) is 0 Å². The van der Waals surface area contributed by atoms with Crippen LogP contribution < -0.4 is 5.32 Å². The van der Waals surface area contributed by atoms with E-state index in [-0.39, 0.29) is 11.8 Å². The summed E-state index contributed by atoms with van der Waals surface area (Å²) in [6, 6.07) is -0.764. The Labute approximate surface area is 88.8 Å². The smallest absolute Gasteiger partial charge is 0.326 e. The van der Waals surface area contributed by atoms with E-state index in [0.717, 1.165) is 0 Å². The van der Waals surface area contributed by atoms with Crippen molar-refractivity contribution in [1.29, 1.82) is 0 Å². The van der Waals surface area contributed by atoms with Gasteiger partial charge in [0.1, 0.15) is 6.04 Å². The lowest BCUT2D eigenvalue weighted by Gasteiger charge is -2.23. The van der Waals surface area contributed by atoms with E-state index in [1.54, 1.807) is 6.92 Å². The maximum atomic E-state index is 11.6. The Kier molecular flexibility index (Phi) is 4.55. The molecule has 1 saturated heterocycles. The van der Waals surface area contributed by atoms with Gasteiger partial charge in [0.25, 0.3) is 0 Å². The highest BCUT2D eigenvalue weighted by molar-refractivity contribution is 5.84. The summed E-state index contributed by atoms with van der Waals surface area (Å²) < 4.78 is 5.13. The number of ether oxygens (including phenoxy) is 1. The van der Waals surface area contributed by atoms with Crippen molar-refractivity contribution < 1.29 is 19.4 Å². The van der Waals surface area contributed by atoms with Gasteiger partial charge in [-0.2, -0.15) is 0 Å². The first-order valence-electron chi connectivity index (χ1n) is 5.26. The van der Waals surface area contributed by atoms with Crippen LogP contribution in [0.2, 0.25) is 0 Å². The summed E-state index contributed by atoms with van der Waals surface area (Å²) in [5.41, 5.74) is 0. The zero-order chi connectivity index (χ0) is 11.3. The minimum atomic E-state index is -0.974. The predicted octanol–water partition coefficient (Wildman–Crippen LogP) is 0.392. The van der Waals surface area contributed by atoms with Gasteiger partial charge in [-0.05, 0) is 19.3 Å². The van der Waals surface area contributed by atoms with Gasteiger partial charge in [0.15, 0.2) is 0 Å². The number of hydrogen-bond donors (Lipinski definition) is 2. The van der Waals surface area contributed by atoms with Gasteiger partial charge in [-0.25, -0.2) is 4.79 Å². The van der Waals surface area contributed by atoms with Gasteiger partial charge in [0.05, 0.1) is 0 Å². The SMILES string of the molecule is CC[C@H](NC(=O)C1CCOCC1)C(=O)O. The van der Waals surface area contributed by atoms with Crippen molar-refractivity contribution in [2.75, 3.05) is 13.2 Å². The van der Waals surface area contributed by atoms with Crippen LogP contribution in [0.3, 0.4) is 0 Å². The van der Waals surface area contributed by atoms with E-state index < -0.39 is 12.0 Å². The number of carbonyl (C=O) groups excluding carboxylic acids is 1. The zero-order valence-corrected chi connectivity index (χ0v) is 8.86. The van der Waals surface area contributed by atoms with Gasteiger partial charge >= 0.3 is 5.97 Å². The summed E-state index contributed by atoms with van der Waals surface area (Å²) >= 11 is 0. The second kappa shape index (κ2) is 5.70. The number of carboxylic acids is 1. The largest absolute Gasteiger partial charge is 0.480 e. The first-order chi connectivity index (χ1) is 7.15. The Bertz CT molecular complexity index is 236. The summed E-state index contributed by atoms with van der Waals surface area (Å²) in [5.74, 6) is -1.22. The first kappa shape index (κ1) is 12.0. The van der Waals surface area contributed by atoms with Gasteiger partial charge in [-0.3, -0.25) is 4.79 Å². The fourth-order valence-electron chi connectivity index (χ4n) is 1.59. The molecule has 0 aromatic carbocycles. The molecule has 0 spiro atoms. The molecule has 0 bridgehead atoms. The van der Waals surface area contributed by atoms with Crippen molar-refractivity contribution in [3.05, 3.63) is 0 Å². The molecule has 1 fully saturated rings. The minimum Gasteiger partial charge on any atom is -0.480 e. The molecule has 5 heteroatoms. The highest BCUT2D eigenvalue weighted by atomic mass is 16.5. The van der Waals surface area contributed by atoms with Crippen LogP contribution in [0.5, 0.6) is 0 Å². The van der Waals surface area contributed by atoms with Crippen LogP contribution in [0.25, 0.3) is 0 Å². The van der Waals surface area contributed by atoms with Crippen LogP contribution in [0.1, 0.15) is 26.2 Å². The highest BCUT2D eigenvalue weighted by Crippen LogP contribution is 2.14. The molecule has 0 aromatic rings. The van der Waals surface area contributed by atoms with Crippen LogP contribution in [-0.4, -0.2) is 36.2 Å². The van der Waals surface area contributed by atoms with Crippen molar-refractivity contribution in [1.82, 2.24) is 5.32 Å². The van der Waals surface area contributed by atoms with Crippen molar-refractivity contribution in [3.8, 4) is 0 Å². The summed E-state index contributed by atoms with van der Waals surface area (Å²) in [5, 5.41) is 11.3. The van der Waals surface area contributed by atoms with Crippen molar-refractivity contribution in [3.63, 3.8) is 0 Å². The van der Waals surface area contributed by atoms with Gasteiger partial charge in [0, 0.05) is 19.1 Å². The van der Waals surface area contributed by atoms with Gasteiger partial charge in [-0.1, -0.05) is 6.92 Å². The topological polar surface area (TPSA) is 75.6 Å². The quantitative estimate of drug-likeness (QED) is 0.711. The molecule has 1 amide bonds. The number of rotatable bonds is 4. The van der Waals surface area contributed by atoms with Crippen molar-refractivity contribution >= 4 is 11.9 Å². The molecular formula is C10H17NO4. The molecule has 0 unspecified atom stereocenters. The standard InChI is InChI=1S/C10H17NO4/c1-2-8(10(13)14)11-9(12)7-3-5-15-6-4-7/h7-8H,2-6H2,1H3,(H,11,12)(H,13,14)/t8-/m0/s1. The monoisotopic (exact) mass is 215 g/mol. The molecule has 1 heterocycles. The minimum absolute atomic E-state index is 0.0906. The predicted molar refractivity (Wildman–Crippen MR) is 53.4 cm³/mol. The lowest BCUT2D eigenvalue weighted by molar-refractivity contribution is -0.143. The molecule has 0 radical (unpaired) electrons. The average molecular weight is 215 g/mol. The average Bonchev–Trinajstić information content (AvgIpc) is 2.26. The lowest BCUT2D eigenvalue weighted by Crippen LogP contribution is -2.44. The fraction of sp³-hybridized carbons (Fsp3) is 0.800. The molecule has 0 saturated carbocycles. The molecule has 1 aliphatic rings. The molecule has 1 rings (SSSR count). The summed E-state index contributed by atoms with van der Waals surface area (Å²) in [4.78, 5) is 22.4. The van der Waals surface area contributed by atoms with Crippen molar-refractivity contribution in [2.45, 2.75) is 32.2 Å². The molecule has 5 nitrogen and oxygen atoms in total. The van der Waals surface area contributed by atoms with E-state index in [0.29, 0.717) is 32.5 Å². The lowest BCUT2D eigenvalue weighted by atomic mass is 9.99. The molecule has 0 aliphatic carbocycles. The molecule has 2 N–H and O–H groups in total. The third kappa shape index (κ3) is 3.51. The van der Waals surface area contributed by atoms with Gasteiger partial charge < -0.3 is 15.2 Å². The van der Waals surface area contributed by atoms with E-state index in [4.69, 9.17) is 9.84 Å². The van der Waals surface area contributed by atoms with Crippen LogP contribution >= 0.6 is 0 Å². The Morgan fingerprint density at radius 1 is 1.47 bits per heavy atom. The molecular weight excluding hydrogens is 198 g/mol. The third-order valence-electron chi connectivity index (χ3n) is 2.61. The Morgan fingerprint density at radius 3 is 2.53 bits per heavy atom. The molecule has 0 aromatic heterocycles. The van der Waals surface area contributed by atoms with E-state index in [9.17, 15) is 9.59 Å². The Hall–Kier alpha value is -1.10. The van der Waals surface area contributed by atoms with Crippen LogP contribution in [0.15, 0.2) is 0 Å². The number of nitrogens with one attached hydrogen (secondary N) is 1. The maximum absolute atomic E-state index is 11.6. The second-order valence-corrected chi connectivity index (χ2v) is 3.69. The Balaban J connectivity index is 2.42. The van der Waals surface area contributed by atoms with E-state index >= 15 is 0 Å². The molecule has 1 aliphatic heterocycles. The van der Waals surface area contributed by atoms with Gasteiger partial charge in [0.2, 0.25) is 5.91 Å². The highest BCUT2D eigenvalue weighted by Gasteiger charge is 2.25. The molecule has 86 valence electrons.